The molecule has 3 heterocycles. The van der Waals surface area contributed by atoms with Crippen LogP contribution in [0.5, 0.6) is 0 Å². The number of benzene rings is 1. The third-order valence-electron chi connectivity index (χ3n) is 5.44. The van der Waals surface area contributed by atoms with Crippen LogP contribution in [0.2, 0.25) is 0 Å². The summed E-state index contributed by atoms with van der Waals surface area (Å²) in [6.45, 7) is 7.99. The predicted molar refractivity (Wildman–Crippen MR) is 114 cm³/mol. The van der Waals surface area contributed by atoms with Gasteiger partial charge in [-0.15, -0.1) is 0 Å². The molecule has 0 radical (unpaired) electrons. The molecule has 0 aliphatic carbocycles. The highest BCUT2D eigenvalue weighted by atomic mass is 16.5. The third-order valence-corrected chi connectivity index (χ3v) is 5.44. The number of ether oxygens (including phenoxy) is 1. The van der Waals surface area contributed by atoms with Crippen molar-refractivity contribution < 1.29 is 4.74 Å². The first-order chi connectivity index (χ1) is 13.5. The Bertz CT molecular complexity index is 924. The summed E-state index contributed by atoms with van der Waals surface area (Å²) in [6, 6.07) is 13.2. The summed E-state index contributed by atoms with van der Waals surface area (Å²) in [4.78, 5) is 15.8. The first-order valence-electron chi connectivity index (χ1n) is 10.2. The molecule has 1 aliphatic heterocycles. The van der Waals surface area contributed by atoms with E-state index < -0.39 is 0 Å². The molecule has 0 saturated carbocycles. The van der Waals surface area contributed by atoms with Crippen LogP contribution >= 0.6 is 0 Å². The van der Waals surface area contributed by atoms with E-state index in [4.69, 9.17) is 14.7 Å². The van der Waals surface area contributed by atoms with Crippen molar-refractivity contribution in [3.8, 4) is 0 Å². The number of rotatable bonds is 4. The zero-order chi connectivity index (χ0) is 19.7. The van der Waals surface area contributed by atoms with Crippen LogP contribution < -0.4 is 4.90 Å². The Morgan fingerprint density at radius 1 is 1.14 bits per heavy atom. The lowest BCUT2D eigenvalue weighted by Crippen LogP contribution is -2.35. The van der Waals surface area contributed by atoms with Gasteiger partial charge in [0.15, 0.2) is 0 Å². The van der Waals surface area contributed by atoms with Gasteiger partial charge in [-0.25, -0.2) is 9.97 Å². The molecule has 28 heavy (non-hydrogen) atoms. The highest BCUT2D eigenvalue weighted by Crippen LogP contribution is 2.36. The zero-order valence-electron chi connectivity index (χ0n) is 17.3. The molecule has 2 aromatic heterocycles. The van der Waals surface area contributed by atoms with Gasteiger partial charge in [0.2, 0.25) is 0 Å². The summed E-state index contributed by atoms with van der Waals surface area (Å²) >= 11 is 0. The molecule has 4 rings (SSSR count). The van der Waals surface area contributed by atoms with Crippen LogP contribution in [0.4, 0.5) is 5.82 Å². The molecular formula is C23H30N4O. The average molecular weight is 379 g/mol. The fraction of sp³-hybridized carbons (Fsp3) is 0.478. The maximum absolute atomic E-state index is 5.37. The third kappa shape index (κ3) is 3.76. The maximum atomic E-state index is 5.37. The summed E-state index contributed by atoms with van der Waals surface area (Å²) in [5.74, 6) is 1.88. The molecule has 5 nitrogen and oxygen atoms in total. The smallest absolute Gasteiger partial charge is 0.136 e. The SMILES string of the molecule is COCc1cc(N2CCCCC2c2cc3ccccc3[nH]2)nc(C(C)(C)C)n1. The molecule has 1 N–H and O–H groups in total. The van der Waals surface area contributed by atoms with Crippen LogP contribution in [-0.2, 0) is 16.8 Å². The largest absolute Gasteiger partial charge is 0.378 e. The first-order valence-corrected chi connectivity index (χ1v) is 10.2. The number of hydrogen-bond acceptors (Lipinski definition) is 4. The van der Waals surface area contributed by atoms with Crippen molar-refractivity contribution in [3.05, 3.63) is 53.6 Å². The molecule has 3 aromatic rings. The summed E-state index contributed by atoms with van der Waals surface area (Å²) in [7, 11) is 1.72. The Hall–Kier alpha value is -2.40. The van der Waals surface area contributed by atoms with E-state index in [-0.39, 0.29) is 5.41 Å². The fourth-order valence-corrected chi connectivity index (χ4v) is 3.99. The number of H-pyrrole nitrogens is 1. The Balaban J connectivity index is 1.75. The zero-order valence-corrected chi connectivity index (χ0v) is 17.3. The van der Waals surface area contributed by atoms with E-state index >= 15 is 0 Å². The van der Waals surface area contributed by atoms with Crippen molar-refractivity contribution in [3.63, 3.8) is 0 Å². The minimum atomic E-state index is -0.106. The second-order valence-corrected chi connectivity index (χ2v) is 8.74. The Labute approximate surface area is 167 Å². The maximum Gasteiger partial charge on any atom is 0.136 e. The molecule has 1 atom stereocenters. The number of methoxy groups -OCH3 is 1. The van der Waals surface area contributed by atoms with Gasteiger partial charge in [-0.3, -0.25) is 0 Å². The number of para-hydroxylation sites is 1. The standard InChI is InChI=1S/C23H30N4O/c1-23(2,3)22-24-17(15-28-4)14-21(26-22)27-12-8-7-11-20(27)19-13-16-9-5-6-10-18(16)25-19/h5-6,9-10,13-14,20,25H,7-8,11-12,15H2,1-4H3. The quantitative estimate of drug-likeness (QED) is 0.683. The molecule has 1 fully saturated rings. The summed E-state index contributed by atoms with van der Waals surface area (Å²) in [5.41, 5.74) is 3.30. The highest BCUT2D eigenvalue weighted by Gasteiger charge is 2.28. The fourth-order valence-electron chi connectivity index (χ4n) is 3.99. The lowest BCUT2D eigenvalue weighted by Gasteiger charge is -2.37. The Kier molecular flexibility index (Phi) is 5.11. The van der Waals surface area contributed by atoms with Crippen molar-refractivity contribution >= 4 is 16.7 Å². The normalized spacial score (nSPS) is 18.0. The van der Waals surface area contributed by atoms with E-state index in [9.17, 15) is 0 Å². The molecule has 0 bridgehead atoms. The van der Waals surface area contributed by atoms with Crippen LogP contribution in [0.25, 0.3) is 10.9 Å². The predicted octanol–water partition coefficient (Wildman–Crippen LogP) is 5.13. The van der Waals surface area contributed by atoms with E-state index in [0.717, 1.165) is 30.3 Å². The van der Waals surface area contributed by atoms with Crippen LogP contribution in [-0.4, -0.2) is 28.6 Å². The van der Waals surface area contributed by atoms with Crippen molar-refractivity contribution in [1.29, 1.82) is 0 Å². The van der Waals surface area contributed by atoms with Gasteiger partial charge in [-0.2, -0.15) is 0 Å². The highest BCUT2D eigenvalue weighted by molar-refractivity contribution is 5.80. The van der Waals surface area contributed by atoms with E-state index in [1.165, 1.54) is 29.4 Å². The van der Waals surface area contributed by atoms with Crippen LogP contribution in [0.3, 0.4) is 0 Å². The van der Waals surface area contributed by atoms with Crippen LogP contribution in [0, 0.1) is 0 Å². The Morgan fingerprint density at radius 3 is 2.71 bits per heavy atom. The molecule has 1 aromatic carbocycles. The Morgan fingerprint density at radius 2 is 1.96 bits per heavy atom. The van der Waals surface area contributed by atoms with Gasteiger partial charge in [0, 0.05) is 36.3 Å². The number of fused-ring (bicyclic) bond motifs is 1. The summed E-state index contributed by atoms with van der Waals surface area (Å²) < 4.78 is 5.37. The van der Waals surface area contributed by atoms with E-state index in [0.29, 0.717) is 12.6 Å². The van der Waals surface area contributed by atoms with Gasteiger partial charge in [0.05, 0.1) is 18.3 Å². The molecular weight excluding hydrogens is 348 g/mol. The molecule has 148 valence electrons. The summed E-state index contributed by atoms with van der Waals surface area (Å²) in [5, 5.41) is 1.26. The molecule has 0 spiro atoms. The van der Waals surface area contributed by atoms with Crippen molar-refractivity contribution in [1.82, 2.24) is 15.0 Å². The minimum absolute atomic E-state index is 0.106. The second kappa shape index (κ2) is 7.55. The summed E-state index contributed by atoms with van der Waals surface area (Å²) in [6.07, 6.45) is 3.55. The number of nitrogens with one attached hydrogen (secondary N) is 1. The van der Waals surface area contributed by atoms with Crippen molar-refractivity contribution in [2.24, 2.45) is 0 Å². The van der Waals surface area contributed by atoms with Gasteiger partial charge in [0.25, 0.3) is 0 Å². The molecule has 1 aliphatic rings. The monoisotopic (exact) mass is 378 g/mol. The lowest BCUT2D eigenvalue weighted by molar-refractivity contribution is 0.181. The number of nitrogens with zero attached hydrogens (tertiary/aromatic N) is 3. The van der Waals surface area contributed by atoms with Gasteiger partial charge in [0.1, 0.15) is 11.6 Å². The van der Waals surface area contributed by atoms with E-state index in [2.05, 4.69) is 67.1 Å². The number of aromatic nitrogens is 3. The lowest BCUT2D eigenvalue weighted by atomic mass is 9.95. The molecule has 0 amide bonds. The molecule has 1 unspecified atom stereocenters. The average Bonchev–Trinajstić information content (AvgIpc) is 3.11. The van der Waals surface area contributed by atoms with Gasteiger partial charge in [-0.1, -0.05) is 39.0 Å². The number of aromatic amines is 1. The second-order valence-electron chi connectivity index (χ2n) is 8.74. The van der Waals surface area contributed by atoms with E-state index in [1.54, 1.807) is 7.11 Å². The van der Waals surface area contributed by atoms with Crippen molar-refractivity contribution in [2.45, 2.75) is 58.1 Å². The number of anilines is 1. The minimum Gasteiger partial charge on any atom is -0.378 e. The van der Waals surface area contributed by atoms with Gasteiger partial charge in [-0.05, 0) is 36.8 Å². The molecule has 5 heteroatoms. The number of hydrogen-bond donors (Lipinski definition) is 1. The molecule has 1 saturated heterocycles. The van der Waals surface area contributed by atoms with Crippen molar-refractivity contribution in [2.75, 3.05) is 18.6 Å². The first kappa shape index (κ1) is 18.9. The van der Waals surface area contributed by atoms with Gasteiger partial charge >= 0.3 is 0 Å². The van der Waals surface area contributed by atoms with E-state index in [1.807, 2.05) is 0 Å². The number of piperidine rings is 1. The van der Waals surface area contributed by atoms with Gasteiger partial charge < -0.3 is 14.6 Å². The van der Waals surface area contributed by atoms with Crippen LogP contribution in [0.15, 0.2) is 36.4 Å². The van der Waals surface area contributed by atoms with Crippen LogP contribution in [0.1, 0.15) is 63.3 Å². The topological polar surface area (TPSA) is 54.0 Å².